The lowest BCUT2D eigenvalue weighted by Crippen LogP contribution is -2.31. The van der Waals surface area contributed by atoms with Crippen LogP contribution in [0, 0.1) is 0 Å². The van der Waals surface area contributed by atoms with Gasteiger partial charge in [0.25, 0.3) is 0 Å². The van der Waals surface area contributed by atoms with Gasteiger partial charge in [-0.25, -0.2) is 0 Å². The van der Waals surface area contributed by atoms with Gasteiger partial charge in [-0.15, -0.1) is 6.58 Å². The molecule has 1 N–H and O–H groups in total. The predicted octanol–water partition coefficient (Wildman–Crippen LogP) is 4.96. The van der Waals surface area contributed by atoms with Gasteiger partial charge in [-0.1, -0.05) is 50.3 Å². The normalized spacial score (nSPS) is 24.6. The third-order valence-corrected chi connectivity index (χ3v) is 8.33. The second-order valence-corrected chi connectivity index (χ2v) is 9.16. The highest BCUT2D eigenvalue weighted by molar-refractivity contribution is 7.59. The summed E-state index contributed by atoms with van der Waals surface area (Å²) < 4.78 is 19.2. The summed E-state index contributed by atoms with van der Waals surface area (Å²) in [5.74, 6) is 0.0143. The Labute approximate surface area is 140 Å². The molecule has 1 aliphatic heterocycles. The molecule has 1 aromatic carbocycles. The van der Waals surface area contributed by atoms with Crippen molar-refractivity contribution < 1.29 is 14.2 Å². The Balaban J connectivity index is 2.29. The van der Waals surface area contributed by atoms with Gasteiger partial charge in [0.1, 0.15) is 0 Å². The van der Waals surface area contributed by atoms with Crippen LogP contribution in [0.5, 0.6) is 0 Å². The molecule has 0 amide bonds. The zero-order valence-electron chi connectivity index (χ0n) is 14.2. The van der Waals surface area contributed by atoms with Gasteiger partial charge in [0.05, 0.1) is 11.8 Å². The minimum Gasteiger partial charge on any atom is -0.377 e. The van der Waals surface area contributed by atoms with Gasteiger partial charge in [0.2, 0.25) is 7.37 Å². The van der Waals surface area contributed by atoms with Crippen molar-refractivity contribution in [2.24, 2.45) is 0 Å². The lowest BCUT2D eigenvalue weighted by Gasteiger charge is -2.35. The third-order valence-electron chi connectivity index (χ3n) is 5.07. The van der Waals surface area contributed by atoms with E-state index in [1.54, 1.807) is 6.08 Å². The largest absolute Gasteiger partial charge is 0.377 e. The maximum atomic E-state index is 13.5. The summed E-state index contributed by atoms with van der Waals surface area (Å²) in [4.78, 5) is 11.1. The fraction of sp³-hybridized carbons (Fsp3) is 0.579. The first-order valence-electron chi connectivity index (χ1n) is 8.62. The molecule has 0 aliphatic carbocycles. The predicted molar refractivity (Wildman–Crippen MR) is 96.3 cm³/mol. The highest BCUT2D eigenvalue weighted by Gasteiger charge is 2.45. The molecule has 23 heavy (non-hydrogen) atoms. The monoisotopic (exact) mass is 336 g/mol. The van der Waals surface area contributed by atoms with Crippen molar-refractivity contribution in [3.63, 3.8) is 0 Å². The maximum absolute atomic E-state index is 13.5. The van der Waals surface area contributed by atoms with Crippen LogP contribution in [0.25, 0.3) is 0 Å². The van der Waals surface area contributed by atoms with Gasteiger partial charge in [-0.2, -0.15) is 0 Å². The van der Waals surface area contributed by atoms with Crippen LogP contribution >= 0.6 is 7.37 Å². The fourth-order valence-corrected chi connectivity index (χ4v) is 6.73. The molecular weight excluding hydrogens is 307 g/mol. The average Bonchev–Trinajstić information content (AvgIpc) is 3.07. The lowest BCUT2D eigenvalue weighted by molar-refractivity contribution is 0.102. The van der Waals surface area contributed by atoms with Gasteiger partial charge in [-0.05, 0) is 37.2 Å². The standard InChI is InChI=1S/C19H29O3P/c1-4-10-19(15(3)16-11-7-6-8-12-16)23(20,21)18(5-2)17-13-9-14-22-17/h4,6-8,11-12,15,17-19H,1,5,9-10,13-14H2,2-3H3,(H,20,21). The van der Waals surface area contributed by atoms with Crippen LogP contribution in [-0.2, 0) is 9.30 Å². The van der Waals surface area contributed by atoms with Crippen molar-refractivity contribution >= 4 is 7.37 Å². The summed E-state index contributed by atoms with van der Waals surface area (Å²) in [6.45, 7) is 8.56. The number of hydrogen-bond donors (Lipinski definition) is 1. The Hall–Kier alpha value is -0.890. The van der Waals surface area contributed by atoms with E-state index in [1.807, 2.05) is 37.3 Å². The van der Waals surface area contributed by atoms with E-state index in [0.29, 0.717) is 19.4 Å². The minimum absolute atomic E-state index is 0.0143. The maximum Gasteiger partial charge on any atom is 0.210 e. The van der Waals surface area contributed by atoms with Gasteiger partial charge < -0.3 is 9.63 Å². The van der Waals surface area contributed by atoms with Crippen molar-refractivity contribution in [1.82, 2.24) is 0 Å². The Bertz CT molecular complexity index is 537. The second kappa shape index (κ2) is 8.28. The first-order valence-corrected chi connectivity index (χ1v) is 10.4. The van der Waals surface area contributed by atoms with Crippen molar-refractivity contribution in [2.45, 2.75) is 62.9 Å². The average molecular weight is 336 g/mol. The molecule has 1 aromatic rings. The van der Waals surface area contributed by atoms with E-state index in [4.69, 9.17) is 4.74 Å². The van der Waals surface area contributed by atoms with E-state index < -0.39 is 7.37 Å². The minimum atomic E-state index is -3.40. The van der Waals surface area contributed by atoms with Crippen LogP contribution in [0.4, 0.5) is 0 Å². The van der Waals surface area contributed by atoms with Crippen molar-refractivity contribution in [3.05, 3.63) is 48.6 Å². The fourth-order valence-electron chi connectivity index (χ4n) is 3.74. The third kappa shape index (κ3) is 4.15. The van der Waals surface area contributed by atoms with E-state index in [-0.39, 0.29) is 23.3 Å². The summed E-state index contributed by atoms with van der Waals surface area (Å²) in [6.07, 6.45) is 4.80. The first kappa shape index (κ1) is 18.4. The van der Waals surface area contributed by atoms with E-state index in [2.05, 4.69) is 13.5 Å². The zero-order chi connectivity index (χ0) is 16.9. The Morgan fingerprint density at radius 1 is 1.43 bits per heavy atom. The molecule has 0 radical (unpaired) electrons. The van der Waals surface area contributed by atoms with E-state index >= 15 is 0 Å². The van der Waals surface area contributed by atoms with Crippen LogP contribution in [0.1, 0.15) is 51.0 Å². The van der Waals surface area contributed by atoms with Crippen LogP contribution < -0.4 is 0 Å². The molecule has 1 saturated heterocycles. The highest BCUT2D eigenvalue weighted by Crippen LogP contribution is 2.60. The zero-order valence-corrected chi connectivity index (χ0v) is 15.1. The summed E-state index contributed by atoms with van der Waals surface area (Å²) in [5.41, 5.74) is 0.522. The van der Waals surface area contributed by atoms with Crippen LogP contribution in [0.2, 0.25) is 0 Å². The quantitative estimate of drug-likeness (QED) is 0.539. The molecule has 5 atom stereocenters. The molecule has 1 heterocycles. The van der Waals surface area contributed by atoms with Crippen LogP contribution in [0.3, 0.4) is 0 Å². The molecule has 1 fully saturated rings. The topological polar surface area (TPSA) is 46.5 Å². The molecule has 3 nitrogen and oxygen atoms in total. The van der Waals surface area contributed by atoms with E-state index in [0.717, 1.165) is 18.4 Å². The van der Waals surface area contributed by atoms with E-state index in [9.17, 15) is 9.46 Å². The second-order valence-electron chi connectivity index (χ2n) is 6.49. The molecule has 0 aromatic heterocycles. The van der Waals surface area contributed by atoms with Gasteiger partial charge in [0.15, 0.2) is 0 Å². The molecule has 0 saturated carbocycles. The Morgan fingerprint density at radius 3 is 2.65 bits per heavy atom. The molecule has 2 rings (SSSR count). The Morgan fingerprint density at radius 2 is 2.13 bits per heavy atom. The molecular formula is C19H29O3P. The molecule has 1 aliphatic rings. The van der Waals surface area contributed by atoms with Crippen molar-refractivity contribution in [2.75, 3.05) is 6.61 Å². The lowest BCUT2D eigenvalue weighted by atomic mass is 9.96. The number of rotatable bonds is 8. The van der Waals surface area contributed by atoms with E-state index in [1.165, 1.54) is 0 Å². The smallest absolute Gasteiger partial charge is 0.210 e. The Kier molecular flexibility index (Phi) is 6.64. The van der Waals surface area contributed by atoms with Crippen LogP contribution in [-0.4, -0.2) is 28.9 Å². The molecule has 5 unspecified atom stereocenters. The molecule has 4 heteroatoms. The van der Waals surface area contributed by atoms with Gasteiger partial charge in [-0.3, -0.25) is 4.57 Å². The molecule has 128 valence electrons. The number of hydrogen-bond acceptors (Lipinski definition) is 2. The summed E-state index contributed by atoms with van der Waals surface area (Å²) >= 11 is 0. The number of ether oxygens (including phenoxy) is 1. The molecule has 0 bridgehead atoms. The highest BCUT2D eigenvalue weighted by atomic mass is 31.2. The number of benzene rings is 1. The summed E-state index contributed by atoms with van der Waals surface area (Å²) in [5, 5.41) is 0. The van der Waals surface area contributed by atoms with Crippen molar-refractivity contribution in [1.29, 1.82) is 0 Å². The van der Waals surface area contributed by atoms with Crippen molar-refractivity contribution in [3.8, 4) is 0 Å². The molecule has 0 spiro atoms. The van der Waals surface area contributed by atoms with Gasteiger partial charge >= 0.3 is 0 Å². The summed E-state index contributed by atoms with van der Waals surface area (Å²) in [7, 11) is -3.40. The number of allylic oxidation sites excluding steroid dienone is 1. The summed E-state index contributed by atoms with van der Waals surface area (Å²) in [6, 6.07) is 10.0. The van der Waals surface area contributed by atoms with Crippen LogP contribution in [0.15, 0.2) is 43.0 Å². The first-order chi connectivity index (χ1) is 11.0. The van der Waals surface area contributed by atoms with Gasteiger partial charge in [0, 0.05) is 12.3 Å². The SMILES string of the molecule is C=CCC(C(C)c1ccccc1)P(=O)(O)C(CC)C1CCCO1.